The molecule has 2 aromatic rings. The van der Waals surface area contributed by atoms with E-state index in [9.17, 15) is 18.4 Å². The molecule has 1 aliphatic heterocycles. The first kappa shape index (κ1) is 17.8. The molecule has 26 heavy (non-hydrogen) atoms. The van der Waals surface area contributed by atoms with Gasteiger partial charge in [-0.1, -0.05) is 17.3 Å². The number of amides is 2. The molecule has 1 aromatic heterocycles. The average molecular weight is 365 g/mol. The topological polar surface area (TPSA) is 84.7 Å². The largest absolute Gasteiger partial charge is 0.435 e. The van der Waals surface area contributed by atoms with Gasteiger partial charge in [0, 0.05) is 19.0 Å². The summed E-state index contributed by atoms with van der Waals surface area (Å²) in [7, 11) is 0. The Morgan fingerprint density at radius 2 is 2.15 bits per heavy atom. The number of nitrogens with zero attached hydrogens (tertiary/aromatic N) is 2. The Balaban J connectivity index is 1.66. The molecule has 1 N–H and O–H groups in total. The average Bonchev–Trinajstić information content (AvgIpc) is 3.15. The summed E-state index contributed by atoms with van der Waals surface area (Å²) in [4.78, 5) is 26.1. The number of carbonyl (C=O) groups excluding carboxylic acids is 2. The number of benzene rings is 1. The van der Waals surface area contributed by atoms with E-state index in [1.54, 1.807) is 25.1 Å². The van der Waals surface area contributed by atoms with Crippen LogP contribution < -0.4 is 10.1 Å². The number of ether oxygens (including phenoxy) is 1. The summed E-state index contributed by atoms with van der Waals surface area (Å²) in [5.41, 5.74) is 0.706. The van der Waals surface area contributed by atoms with E-state index in [0.29, 0.717) is 23.6 Å². The summed E-state index contributed by atoms with van der Waals surface area (Å²) in [6.07, 6.45) is 0.663. The van der Waals surface area contributed by atoms with Crippen LogP contribution in [0, 0.1) is 6.92 Å². The van der Waals surface area contributed by atoms with Crippen LogP contribution in [0.2, 0.25) is 0 Å². The fraction of sp³-hybridized carbons (Fsp3) is 0.353. The summed E-state index contributed by atoms with van der Waals surface area (Å²) in [6, 6.07) is 6.92. The van der Waals surface area contributed by atoms with Gasteiger partial charge >= 0.3 is 6.61 Å². The van der Waals surface area contributed by atoms with Crippen molar-refractivity contribution in [2.75, 3.05) is 5.32 Å². The van der Waals surface area contributed by atoms with Gasteiger partial charge in [-0.15, -0.1) is 0 Å². The molecule has 2 amide bonds. The Labute approximate surface area is 147 Å². The molecule has 1 unspecified atom stereocenters. The first-order chi connectivity index (χ1) is 12.4. The molecular formula is C17H17F2N3O4. The van der Waals surface area contributed by atoms with Crippen LogP contribution in [0.5, 0.6) is 5.75 Å². The van der Waals surface area contributed by atoms with E-state index in [-0.39, 0.29) is 30.5 Å². The van der Waals surface area contributed by atoms with Crippen molar-refractivity contribution >= 4 is 17.6 Å². The van der Waals surface area contributed by atoms with Gasteiger partial charge in [0.2, 0.25) is 11.8 Å². The number of rotatable bonds is 6. The van der Waals surface area contributed by atoms with Gasteiger partial charge in [-0.3, -0.25) is 9.59 Å². The monoisotopic (exact) mass is 365 g/mol. The van der Waals surface area contributed by atoms with E-state index >= 15 is 0 Å². The highest BCUT2D eigenvalue weighted by Gasteiger charge is 2.36. The van der Waals surface area contributed by atoms with E-state index in [1.807, 2.05) is 0 Å². The summed E-state index contributed by atoms with van der Waals surface area (Å²) in [5.74, 6) is 0.398. The second-order valence-corrected chi connectivity index (χ2v) is 5.91. The third kappa shape index (κ3) is 4.16. The van der Waals surface area contributed by atoms with Crippen molar-refractivity contribution in [3.05, 3.63) is 41.7 Å². The summed E-state index contributed by atoms with van der Waals surface area (Å²) in [5, 5.41) is 6.33. The molecule has 1 aliphatic rings. The van der Waals surface area contributed by atoms with Gasteiger partial charge in [0.1, 0.15) is 17.6 Å². The smallest absolute Gasteiger partial charge is 0.387 e. The SMILES string of the molecule is Cc1cc(NC(=O)C2CCC(=O)N2Cc2ccc(OC(F)F)cc2)no1. The second kappa shape index (κ2) is 7.51. The van der Waals surface area contributed by atoms with Crippen molar-refractivity contribution in [2.24, 2.45) is 0 Å². The maximum atomic E-state index is 12.5. The molecule has 0 spiro atoms. The van der Waals surface area contributed by atoms with Crippen molar-refractivity contribution in [3.8, 4) is 5.75 Å². The quantitative estimate of drug-likeness (QED) is 0.851. The van der Waals surface area contributed by atoms with E-state index in [1.165, 1.54) is 17.0 Å². The van der Waals surface area contributed by atoms with Crippen LogP contribution in [0.4, 0.5) is 14.6 Å². The maximum absolute atomic E-state index is 12.5. The number of anilines is 1. The van der Waals surface area contributed by atoms with Gasteiger partial charge in [-0.05, 0) is 31.0 Å². The van der Waals surface area contributed by atoms with Gasteiger partial charge in [-0.25, -0.2) is 0 Å². The summed E-state index contributed by atoms with van der Waals surface area (Å²) < 4.78 is 33.6. The molecule has 9 heteroatoms. The highest BCUT2D eigenvalue weighted by molar-refractivity contribution is 5.98. The Bertz CT molecular complexity index is 792. The third-order valence-corrected chi connectivity index (χ3v) is 4.01. The van der Waals surface area contributed by atoms with Crippen molar-refractivity contribution in [1.82, 2.24) is 10.1 Å². The molecule has 1 atom stereocenters. The lowest BCUT2D eigenvalue weighted by Gasteiger charge is -2.23. The van der Waals surface area contributed by atoms with Crippen molar-refractivity contribution in [3.63, 3.8) is 0 Å². The zero-order valence-electron chi connectivity index (χ0n) is 13.9. The highest BCUT2D eigenvalue weighted by Crippen LogP contribution is 2.24. The Kier molecular flexibility index (Phi) is 5.15. The molecule has 138 valence electrons. The van der Waals surface area contributed by atoms with E-state index < -0.39 is 12.7 Å². The molecule has 1 saturated heterocycles. The lowest BCUT2D eigenvalue weighted by atomic mass is 10.1. The van der Waals surface area contributed by atoms with Gasteiger partial charge in [0.25, 0.3) is 0 Å². The van der Waals surface area contributed by atoms with Crippen molar-refractivity contribution in [1.29, 1.82) is 0 Å². The number of likely N-dealkylation sites (tertiary alicyclic amines) is 1. The van der Waals surface area contributed by atoms with Crippen LogP contribution in [0.1, 0.15) is 24.2 Å². The highest BCUT2D eigenvalue weighted by atomic mass is 19.3. The molecule has 7 nitrogen and oxygen atoms in total. The number of halogens is 2. The predicted octanol–water partition coefficient (Wildman–Crippen LogP) is 2.71. The van der Waals surface area contributed by atoms with E-state index in [2.05, 4.69) is 15.2 Å². The van der Waals surface area contributed by atoms with Gasteiger partial charge < -0.3 is 19.5 Å². The molecule has 3 rings (SSSR count). The van der Waals surface area contributed by atoms with E-state index in [4.69, 9.17) is 4.52 Å². The molecule has 0 saturated carbocycles. The van der Waals surface area contributed by atoms with Gasteiger partial charge in [-0.2, -0.15) is 8.78 Å². The predicted molar refractivity (Wildman–Crippen MR) is 86.5 cm³/mol. The minimum atomic E-state index is -2.89. The van der Waals surface area contributed by atoms with Crippen LogP contribution in [-0.2, 0) is 16.1 Å². The van der Waals surface area contributed by atoms with Crippen LogP contribution in [0.3, 0.4) is 0 Å². The third-order valence-electron chi connectivity index (χ3n) is 4.01. The number of hydrogen-bond donors (Lipinski definition) is 1. The standard InChI is InChI=1S/C17H17F2N3O4/c1-10-8-14(21-26-10)20-16(24)13-6-7-15(23)22(13)9-11-2-4-12(5-3-11)25-17(18)19/h2-5,8,13,17H,6-7,9H2,1H3,(H,20,21,24). The number of alkyl halides is 2. The summed E-state index contributed by atoms with van der Waals surface area (Å²) in [6.45, 7) is -0.992. The fourth-order valence-corrected chi connectivity index (χ4v) is 2.81. The minimum Gasteiger partial charge on any atom is -0.435 e. The first-order valence-electron chi connectivity index (χ1n) is 8.00. The van der Waals surface area contributed by atoms with Crippen molar-refractivity contribution in [2.45, 2.75) is 39.0 Å². The lowest BCUT2D eigenvalue weighted by molar-refractivity contribution is -0.133. The normalized spacial score (nSPS) is 17.0. The Hall–Kier alpha value is -2.97. The zero-order chi connectivity index (χ0) is 18.7. The molecule has 1 fully saturated rings. The van der Waals surface area contributed by atoms with E-state index in [0.717, 1.165) is 0 Å². The number of carbonyl (C=O) groups is 2. The zero-order valence-corrected chi connectivity index (χ0v) is 13.9. The molecular weight excluding hydrogens is 348 g/mol. The second-order valence-electron chi connectivity index (χ2n) is 5.91. The van der Waals surface area contributed by atoms with Crippen LogP contribution in [0.15, 0.2) is 34.9 Å². The van der Waals surface area contributed by atoms with Crippen LogP contribution in [-0.4, -0.2) is 34.5 Å². The van der Waals surface area contributed by atoms with Crippen LogP contribution >= 0.6 is 0 Å². The number of hydrogen-bond acceptors (Lipinski definition) is 5. The Morgan fingerprint density at radius 3 is 2.77 bits per heavy atom. The fourth-order valence-electron chi connectivity index (χ4n) is 2.81. The number of nitrogens with one attached hydrogen (secondary N) is 1. The molecule has 2 heterocycles. The number of aromatic nitrogens is 1. The van der Waals surface area contributed by atoms with Crippen LogP contribution in [0.25, 0.3) is 0 Å². The van der Waals surface area contributed by atoms with Gasteiger partial charge in [0.15, 0.2) is 5.82 Å². The Morgan fingerprint density at radius 1 is 1.42 bits per heavy atom. The molecule has 0 bridgehead atoms. The molecule has 0 radical (unpaired) electrons. The minimum absolute atomic E-state index is 0.0344. The lowest BCUT2D eigenvalue weighted by Crippen LogP contribution is -2.41. The molecule has 0 aliphatic carbocycles. The first-order valence-corrected chi connectivity index (χ1v) is 8.00. The van der Waals surface area contributed by atoms with Gasteiger partial charge in [0.05, 0.1) is 0 Å². The number of aryl methyl sites for hydroxylation is 1. The summed E-state index contributed by atoms with van der Waals surface area (Å²) >= 11 is 0. The van der Waals surface area contributed by atoms with Crippen molar-refractivity contribution < 1.29 is 27.6 Å². The molecule has 1 aromatic carbocycles. The maximum Gasteiger partial charge on any atom is 0.387 e.